The Morgan fingerprint density at radius 1 is 0.844 bits per heavy atom. The number of allylic oxidation sites excluding steroid dienone is 2. The Labute approximate surface area is 385 Å². The summed E-state index contributed by atoms with van der Waals surface area (Å²) in [5, 5.41) is 18.3. The van der Waals surface area contributed by atoms with E-state index in [1.807, 2.05) is 93.7 Å². The maximum atomic E-state index is 14.5. The van der Waals surface area contributed by atoms with Crippen LogP contribution in [0, 0.1) is 5.92 Å². The maximum absolute atomic E-state index is 14.5. The molecule has 1 fully saturated rings. The van der Waals surface area contributed by atoms with Crippen LogP contribution in [0.1, 0.15) is 152 Å². The van der Waals surface area contributed by atoms with Gasteiger partial charge in [-0.05, 0) is 94.0 Å². The van der Waals surface area contributed by atoms with Crippen molar-refractivity contribution in [3.63, 3.8) is 0 Å². The van der Waals surface area contributed by atoms with Gasteiger partial charge in [-0.3, -0.25) is 29.2 Å². The van der Waals surface area contributed by atoms with Gasteiger partial charge >= 0.3 is 5.97 Å². The normalized spacial score (nSPS) is 19.0. The molecule has 1 aliphatic heterocycles. The number of aliphatic hydroxyl groups is 1. The minimum Gasteiger partial charge on any atom is -0.459 e. The summed E-state index contributed by atoms with van der Waals surface area (Å²) < 4.78 is 6.16. The van der Waals surface area contributed by atoms with E-state index in [4.69, 9.17) is 4.74 Å². The molecule has 3 aromatic rings. The SMILES string of the molecule is CCCCCCCC/C=C\CCCCCCCC(=O)O[C@@H]1Cc2ccccc2[C@@H]1NC(=O)C(Cc1ccccc1)CC(O)CN1CCN(Cc2cccnc2)C[C@H]1C(=O)NC(C)(C)C. The first-order valence-corrected chi connectivity index (χ1v) is 24.6. The summed E-state index contributed by atoms with van der Waals surface area (Å²) in [6.45, 7) is 11.0. The molecule has 2 unspecified atom stereocenters. The Kier molecular flexibility index (Phi) is 21.5. The third-order valence-electron chi connectivity index (χ3n) is 12.6. The van der Waals surface area contributed by atoms with E-state index in [-0.39, 0.29) is 30.7 Å². The van der Waals surface area contributed by atoms with Crippen LogP contribution in [0.3, 0.4) is 0 Å². The van der Waals surface area contributed by atoms with E-state index in [1.165, 1.54) is 51.4 Å². The predicted octanol–water partition coefficient (Wildman–Crippen LogP) is 9.46. The molecule has 2 aliphatic rings. The zero-order chi connectivity index (χ0) is 45.6. The standard InChI is InChI=1S/C54H79N5O5/c1-5-6-7-8-9-10-11-12-13-14-15-16-17-18-22-31-50(61)64-49-37-44-29-23-24-30-47(44)51(49)56-52(62)45(35-42-26-20-19-21-27-42)36-46(60)40-59-34-33-58(39-43-28-25-32-55-38-43)41-48(59)53(63)57-54(2,3)4/h12-13,19-21,23-30,32,38,45-46,48-49,51,60H,5-11,14-18,22,31,33-37,39-41H2,1-4H3,(H,56,62)(H,57,63)/b13-12-/t45?,46?,48-,49+,51-/m0/s1. The van der Waals surface area contributed by atoms with Gasteiger partial charge in [0.15, 0.2) is 0 Å². The zero-order valence-electron chi connectivity index (χ0n) is 39.5. The van der Waals surface area contributed by atoms with Crippen LogP contribution in [-0.4, -0.2) is 87.6 Å². The summed E-state index contributed by atoms with van der Waals surface area (Å²) in [7, 11) is 0. The number of amides is 2. The van der Waals surface area contributed by atoms with Crippen molar-refractivity contribution >= 4 is 17.8 Å². The van der Waals surface area contributed by atoms with Crippen molar-refractivity contribution in [1.82, 2.24) is 25.4 Å². The van der Waals surface area contributed by atoms with Crippen molar-refractivity contribution in [1.29, 1.82) is 0 Å². The lowest BCUT2D eigenvalue weighted by molar-refractivity contribution is -0.151. The quantitative estimate of drug-likeness (QED) is 0.0394. The van der Waals surface area contributed by atoms with Crippen LogP contribution in [0.2, 0.25) is 0 Å². The van der Waals surface area contributed by atoms with E-state index in [2.05, 4.69) is 44.5 Å². The number of aliphatic hydroxyl groups excluding tert-OH is 1. The fourth-order valence-corrected chi connectivity index (χ4v) is 9.22. The van der Waals surface area contributed by atoms with Gasteiger partial charge < -0.3 is 20.5 Å². The molecule has 1 aliphatic carbocycles. The van der Waals surface area contributed by atoms with E-state index in [0.717, 1.165) is 60.9 Å². The smallest absolute Gasteiger partial charge is 0.306 e. The molecule has 1 aromatic heterocycles. The van der Waals surface area contributed by atoms with Gasteiger partial charge in [-0.15, -0.1) is 0 Å². The van der Waals surface area contributed by atoms with Crippen molar-refractivity contribution in [2.24, 2.45) is 5.92 Å². The highest BCUT2D eigenvalue weighted by molar-refractivity contribution is 5.83. The van der Waals surface area contributed by atoms with Gasteiger partial charge in [0.1, 0.15) is 12.1 Å². The predicted molar refractivity (Wildman–Crippen MR) is 257 cm³/mol. The minimum atomic E-state index is -0.870. The molecule has 3 N–H and O–H groups in total. The summed E-state index contributed by atoms with van der Waals surface area (Å²) in [5.41, 5.74) is 3.69. The zero-order valence-corrected chi connectivity index (χ0v) is 39.5. The Morgan fingerprint density at radius 3 is 2.22 bits per heavy atom. The lowest BCUT2D eigenvalue weighted by atomic mass is 9.91. The van der Waals surface area contributed by atoms with Crippen LogP contribution in [0.15, 0.2) is 91.3 Å². The first-order chi connectivity index (χ1) is 31.0. The second kappa shape index (κ2) is 27.2. The van der Waals surface area contributed by atoms with Crippen molar-refractivity contribution in [2.45, 2.75) is 173 Å². The number of rotatable bonds is 27. The van der Waals surface area contributed by atoms with Crippen LogP contribution >= 0.6 is 0 Å². The lowest BCUT2D eigenvalue weighted by Crippen LogP contribution is -2.61. The van der Waals surface area contributed by atoms with Gasteiger partial charge in [0.25, 0.3) is 0 Å². The van der Waals surface area contributed by atoms with Gasteiger partial charge in [0.2, 0.25) is 11.8 Å². The number of nitrogens with zero attached hydrogens (tertiary/aromatic N) is 3. The fraction of sp³-hybridized carbons (Fsp3) is 0.593. The second-order valence-electron chi connectivity index (χ2n) is 19.4. The van der Waals surface area contributed by atoms with Crippen molar-refractivity contribution < 1.29 is 24.2 Å². The van der Waals surface area contributed by atoms with Crippen LogP contribution in [0.4, 0.5) is 0 Å². The molecule has 0 spiro atoms. The van der Waals surface area contributed by atoms with E-state index in [9.17, 15) is 19.5 Å². The molecule has 0 saturated carbocycles. The average molecular weight is 878 g/mol. The molecule has 2 aromatic carbocycles. The highest BCUT2D eigenvalue weighted by Gasteiger charge is 2.39. The third kappa shape index (κ3) is 17.9. The molecular formula is C54H79N5O5. The number of piperazine rings is 1. The van der Waals surface area contributed by atoms with Gasteiger partial charge in [0.05, 0.1) is 12.1 Å². The summed E-state index contributed by atoms with van der Waals surface area (Å²) in [5.74, 6) is -1.05. The summed E-state index contributed by atoms with van der Waals surface area (Å²) in [6, 6.07) is 20.9. The number of ether oxygens (including phenoxy) is 1. The number of fused-ring (bicyclic) bond motifs is 1. The molecule has 0 bridgehead atoms. The number of hydrogen-bond donors (Lipinski definition) is 3. The highest BCUT2D eigenvalue weighted by Crippen LogP contribution is 2.34. The van der Waals surface area contributed by atoms with E-state index in [1.54, 1.807) is 6.20 Å². The summed E-state index contributed by atoms with van der Waals surface area (Å²) in [6.07, 6.45) is 24.0. The molecule has 10 nitrogen and oxygen atoms in total. The molecule has 0 radical (unpaired) electrons. The Hall–Kier alpha value is -4.38. The Morgan fingerprint density at radius 2 is 1.52 bits per heavy atom. The highest BCUT2D eigenvalue weighted by atomic mass is 16.5. The molecule has 64 heavy (non-hydrogen) atoms. The molecular weight excluding hydrogens is 799 g/mol. The van der Waals surface area contributed by atoms with Crippen molar-refractivity contribution in [2.75, 3.05) is 26.2 Å². The van der Waals surface area contributed by atoms with Crippen LogP contribution < -0.4 is 10.6 Å². The first-order valence-electron chi connectivity index (χ1n) is 24.6. The van der Waals surface area contributed by atoms with Gasteiger partial charge in [0, 0.05) is 69.4 Å². The number of hydrogen-bond acceptors (Lipinski definition) is 8. The topological polar surface area (TPSA) is 124 Å². The Balaban J connectivity index is 1.15. The van der Waals surface area contributed by atoms with Crippen molar-refractivity contribution in [3.05, 3.63) is 114 Å². The van der Waals surface area contributed by atoms with E-state index < -0.39 is 35.7 Å². The first kappa shape index (κ1) is 50.6. The average Bonchev–Trinajstić information content (AvgIpc) is 3.61. The molecule has 10 heteroatoms. The van der Waals surface area contributed by atoms with Crippen molar-refractivity contribution in [3.8, 4) is 0 Å². The summed E-state index contributed by atoms with van der Waals surface area (Å²) in [4.78, 5) is 50.1. The number of nitrogens with one attached hydrogen (secondary N) is 2. The number of β-amino-alcohol motifs (C(OH)–C–C–N with tert-alkyl or cyclic N) is 1. The molecule has 2 amide bonds. The second-order valence-corrected chi connectivity index (χ2v) is 19.4. The Bertz CT molecular complexity index is 1850. The van der Waals surface area contributed by atoms with Gasteiger partial charge in [-0.25, -0.2) is 0 Å². The van der Waals surface area contributed by atoms with Crippen LogP contribution in [-0.2, 0) is 38.5 Å². The number of benzene rings is 2. The number of aromatic nitrogens is 1. The number of esters is 1. The number of carbonyl (C=O) groups is 3. The number of unbranched alkanes of at least 4 members (excludes halogenated alkanes) is 11. The van der Waals surface area contributed by atoms with E-state index >= 15 is 0 Å². The number of pyridine rings is 1. The fourth-order valence-electron chi connectivity index (χ4n) is 9.22. The largest absolute Gasteiger partial charge is 0.459 e. The lowest BCUT2D eigenvalue weighted by Gasteiger charge is -2.42. The molecule has 5 atom stereocenters. The van der Waals surface area contributed by atoms with Gasteiger partial charge in [-0.2, -0.15) is 0 Å². The third-order valence-corrected chi connectivity index (χ3v) is 12.6. The van der Waals surface area contributed by atoms with Gasteiger partial charge in [-0.1, -0.05) is 131 Å². The van der Waals surface area contributed by atoms with Crippen LogP contribution in [0.25, 0.3) is 0 Å². The molecule has 1 saturated heterocycles. The molecule has 350 valence electrons. The number of carbonyl (C=O) groups excluding carboxylic acids is 3. The van der Waals surface area contributed by atoms with E-state index in [0.29, 0.717) is 38.9 Å². The monoisotopic (exact) mass is 878 g/mol. The minimum absolute atomic E-state index is 0.0769. The summed E-state index contributed by atoms with van der Waals surface area (Å²) >= 11 is 0. The maximum Gasteiger partial charge on any atom is 0.306 e. The molecule has 2 heterocycles. The molecule has 5 rings (SSSR count). The van der Waals surface area contributed by atoms with Crippen LogP contribution in [0.5, 0.6) is 0 Å².